The number of nitrogens with one attached hydrogen (secondary N) is 2. The lowest BCUT2D eigenvalue weighted by Gasteiger charge is -2.23. The third kappa shape index (κ3) is 4.67. The number of hydrogen-bond donors (Lipinski definition) is 2. The molecule has 1 saturated carbocycles. The molecule has 1 heterocycles. The van der Waals surface area contributed by atoms with Gasteiger partial charge in [-0.3, -0.25) is 9.48 Å². The molecule has 1 fully saturated rings. The van der Waals surface area contributed by atoms with E-state index in [9.17, 15) is 4.79 Å². The summed E-state index contributed by atoms with van der Waals surface area (Å²) in [7, 11) is 1.77. The maximum atomic E-state index is 12.1. The SMILES string of the molecule is Cc1nn(C)c(Cl)c1/C=C/C(=O)Nc1ccc(NC2CCCCC2)cc1. The summed E-state index contributed by atoms with van der Waals surface area (Å²) in [6.45, 7) is 1.86. The summed E-state index contributed by atoms with van der Waals surface area (Å²) in [5.74, 6) is -0.197. The first-order valence-corrected chi connectivity index (χ1v) is 9.45. The summed E-state index contributed by atoms with van der Waals surface area (Å²) in [5, 5.41) is 11.2. The van der Waals surface area contributed by atoms with Gasteiger partial charge >= 0.3 is 0 Å². The molecule has 0 unspecified atom stereocenters. The first-order valence-electron chi connectivity index (χ1n) is 9.07. The highest BCUT2D eigenvalue weighted by Gasteiger charge is 2.13. The predicted molar refractivity (Wildman–Crippen MR) is 108 cm³/mol. The van der Waals surface area contributed by atoms with E-state index in [2.05, 4.69) is 15.7 Å². The van der Waals surface area contributed by atoms with Crippen molar-refractivity contribution in [3.05, 3.63) is 46.8 Å². The second kappa shape index (κ2) is 8.41. The van der Waals surface area contributed by atoms with Crippen molar-refractivity contribution in [1.82, 2.24) is 9.78 Å². The molecular weight excluding hydrogens is 348 g/mol. The van der Waals surface area contributed by atoms with Gasteiger partial charge in [0.1, 0.15) is 5.15 Å². The Labute approximate surface area is 159 Å². The van der Waals surface area contributed by atoms with Crippen molar-refractivity contribution < 1.29 is 4.79 Å². The minimum absolute atomic E-state index is 0.197. The lowest BCUT2D eigenvalue weighted by atomic mass is 9.95. The summed E-state index contributed by atoms with van der Waals surface area (Å²) < 4.78 is 1.59. The molecule has 1 aromatic heterocycles. The van der Waals surface area contributed by atoms with Gasteiger partial charge in [-0.15, -0.1) is 0 Å². The van der Waals surface area contributed by atoms with Crippen LogP contribution in [0, 0.1) is 6.92 Å². The number of carbonyl (C=O) groups is 1. The van der Waals surface area contributed by atoms with Gasteiger partial charge in [-0.1, -0.05) is 30.9 Å². The maximum absolute atomic E-state index is 12.1. The van der Waals surface area contributed by atoms with Crippen LogP contribution in [-0.2, 0) is 11.8 Å². The molecule has 138 valence electrons. The summed E-state index contributed by atoms with van der Waals surface area (Å²) >= 11 is 6.17. The van der Waals surface area contributed by atoms with Crippen LogP contribution in [0.5, 0.6) is 0 Å². The van der Waals surface area contributed by atoms with Crippen LogP contribution in [0.1, 0.15) is 43.4 Å². The molecule has 0 saturated heterocycles. The zero-order valence-corrected chi connectivity index (χ0v) is 16.0. The van der Waals surface area contributed by atoms with Crippen molar-refractivity contribution in [2.24, 2.45) is 7.05 Å². The molecule has 5 nitrogen and oxygen atoms in total. The normalized spacial score (nSPS) is 15.3. The topological polar surface area (TPSA) is 59.0 Å². The minimum atomic E-state index is -0.197. The summed E-state index contributed by atoms with van der Waals surface area (Å²) in [4.78, 5) is 12.1. The van der Waals surface area contributed by atoms with Gasteiger partial charge in [-0.25, -0.2) is 0 Å². The highest BCUT2D eigenvalue weighted by molar-refractivity contribution is 6.31. The van der Waals surface area contributed by atoms with Crippen LogP contribution in [-0.4, -0.2) is 21.7 Å². The van der Waals surface area contributed by atoms with Crippen LogP contribution in [0.3, 0.4) is 0 Å². The van der Waals surface area contributed by atoms with Crippen LogP contribution in [0.25, 0.3) is 6.08 Å². The molecule has 2 aromatic rings. The Kier molecular flexibility index (Phi) is 5.99. The Morgan fingerprint density at radius 3 is 2.46 bits per heavy atom. The lowest BCUT2D eigenvalue weighted by molar-refractivity contribution is -0.111. The molecule has 3 rings (SSSR count). The number of carbonyl (C=O) groups excluding carboxylic acids is 1. The largest absolute Gasteiger partial charge is 0.382 e. The van der Waals surface area contributed by atoms with Crippen LogP contribution < -0.4 is 10.6 Å². The molecule has 0 atom stereocenters. The van der Waals surface area contributed by atoms with Gasteiger partial charge in [0.05, 0.1) is 5.69 Å². The van der Waals surface area contributed by atoms with Crippen molar-refractivity contribution in [3.8, 4) is 0 Å². The smallest absolute Gasteiger partial charge is 0.248 e. The molecule has 1 aliphatic rings. The van der Waals surface area contributed by atoms with E-state index in [0.29, 0.717) is 11.2 Å². The highest BCUT2D eigenvalue weighted by Crippen LogP contribution is 2.23. The van der Waals surface area contributed by atoms with Gasteiger partial charge in [-0.05, 0) is 50.1 Å². The van der Waals surface area contributed by atoms with Crippen molar-refractivity contribution in [1.29, 1.82) is 0 Å². The molecule has 6 heteroatoms. The van der Waals surface area contributed by atoms with Crippen LogP contribution in [0.15, 0.2) is 30.3 Å². The third-order valence-corrected chi connectivity index (χ3v) is 5.17. The van der Waals surface area contributed by atoms with E-state index in [1.54, 1.807) is 17.8 Å². The number of aryl methyl sites for hydroxylation is 2. The molecule has 0 spiro atoms. The van der Waals surface area contributed by atoms with Crippen LogP contribution in [0.2, 0.25) is 5.15 Å². The average molecular weight is 373 g/mol. The lowest BCUT2D eigenvalue weighted by Crippen LogP contribution is -2.22. The second-order valence-electron chi connectivity index (χ2n) is 6.79. The van der Waals surface area contributed by atoms with Crippen molar-refractivity contribution >= 4 is 35.0 Å². The molecule has 0 bridgehead atoms. The number of amides is 1. The molecule has 0 aliphatic heterocycles. The van der Waals surface area contributed by atoms with Gasteiger partial charge in [0.2, 0.25) is 5.91 Å². The van der Waals surface area contributed by atoms with Gasteiger partial charge < -0.3 is 10.6 Å². The number of aromatic nitrogens is 2. The number of rotatable bonds is 5. The Morgan fingerprint density at radius 1 is 1.19 bits per heavy atom. The van der Waals surface area contributed by atoms with Gasteiger partial charge in [0, 0.05) is 36.1 Å². The first-order chi connectivity index (χ1) is 12.5. The Bertz CT molecular complexity index is 789. The van der Waals surface area contributed by atoms with E-state index in [0.717, 1.165) is 22.6 Å². The van der Waals surface area contributed by atoms with Crippen molar-refractivity contribution in [2.45, 2.75) is 45.1 Å². The maximum Gasteiger partial charge on any atom is 0.248 e. The van der Waals surface area contributed by atoms with E-state index in [1.165, 1.54) is 38.2 Å². The average Bonchev–Trinajstić information content (AvgIpc) is 2.88. The first kappa shape index (κ1) is 18.5. The van der Waals surface area contributed by atoms with Gasteiger partial charge in [0.25, 0.3) is 0 Å². The summed E-state index contributed by atoms with van der Waals surface area (Å²) in [6.07, 6.45) is 9.60. The number of halogens is 1. The van der Waals surface area contributed by atoms with E-state index in [1.807, 2.05) is 31.2 Å². The quantitative estimate of drug-likeness (QED) is 0.742. The van der Waals surface area contributed by atoms with Crippen LogP contribution in [0.4, 0.5) is 11.4 Å². The Hall–Kier alpha value is -2.27. The second-order valence-corrected chi connectivity index (χ2v) is 7.15. The molecule has 26 heavy (non-hydrogen) atoms. The standard InChI is InChI=1S/C20H25ClN4O/c1-14-18(20(21)25(2)24-14)12-13-19(26)23-17-10-8-16(9-11-17)22-15-6-4-3-5-7-15/h8-13,15,22H,3-7H2,1-2H3,(H,23,26)/b13-12+. The van der Waals surface area contributed by atoms with Crippen molar-refractivity contribution in [3.63, 3.8) is 0 Å². The molecule has 2 N–H and O–H groups in total. The van der Waals surface area contributed by atoms with Gasteiger partial charge in [0.15, 0.2) is 0 Å². The fraction of sp³-hybridized carbons (Fsp3) is 0.400. The zero-order chi connectivity index (χ0) is 18.5. The minimum Gasteiger partial charge on any atom is -0.382 e. The zero-order valence-electron chi connectivity index (χ0n) is 15.3. The molecule has 1 aliphatic carbocycles. The number of hydrogen-bond acceptors (Lipinski definition) is 3. The van der Waals surface area contributed by atoms with E-state index < -0.39 is 0 Å². The van der Waals surface area contributed by atoms with Crippen LogP contribution >= 0.6 is 11.6 Å². The fourth-order valence-corrected chi connectivity index (χ4v) is 3.55. The molecular formula is C20H25ClN4O. The van der Waals surface area contributed by atoms with E-state index in [-0.39, 0.29) is 5.91 Å². The van der Waals surface area contributed by atoms with E-state index >= 15 is 0 Å². The molecule has 1 amide bonds. The summed E-state index contributed by atoms with van der Waals surface area (Å²) in [6, 6.07) is 8.42. The summed E-state index contributed by atoms with van der Waals surface area (Å²) in [5.41, 5.74) is 3.42. The number of benzene rings is 1. The number of anilines is 2. The Balaban J connectivity index is 1.56. The van der Waals surface area contributed by atoms with Crippen molar-refractivity contribution in [2.75, 3.05) is 10.6 Å². The number of nitrogens with zero attached hydrogens (tertiary/aromatic N) is 2. The monoisotopic (exact) mass is 372 g/mol. The predicted octanol–water partition coefficient (Wildman–Crippen LogP) is 4.78. The highest BCUT2D eigenvalue weighted by atomic mass is 35.5. The third-order valence-electron chi connectivity index (χ3n) is 4.73. The van der Waals surface area contributed by atoms with E-state index in [4.69, 9.17) is 11.6 Å². The molecule has 0 radical (unpaired) electrons. The molecule has 1 aromatic carbocycles. The van der Waals surface area contributed by atoms with Gasteiger partial charge in [-0.2, -0.15) is 5.10 Å². The fourth-order valence-electron chi connectivity index (χ4n) is 3.31. The Morgan fingerprint density at radius 2 is 1.85 bits per heavy atom.